The number of alkyl halides is 3. The van der Waals surface area contributed by atoms with Gasteiger partial charge >= 0.3 is 6.18 Å². The average Bonchev–Trinajstić information content (AvgIpc) is 2.41. The van der Waals surface area contributed by atoms with Crippen molar-refractivity contribution < 1.29 is 27.2 Å². The van der Waals surface area contributed by atoms with Gasteiger partial charge in [0.15, 0.2) is 0 Å². The van der Waals surface area contributed by atoms with Gasteiger partial charge in [-0.3, -0.25) is 4.98 Å². The predicted molar refractivity (Wildman–Crippen MR) is 69.0 cm³/mol. The number of hydrogen-bond donors (Lipinski definition) is 1. The minimum absolute atomic E-state index is 0.0432. The second kappa shape index (κ2) is 5.88. The normalized spacial score (nSPS) is 12.1. The van der Waals surface area contributed by atoms with Crippen LogP contribution in [0.15, 0.2) is 29.6 Å². The van der Waals surface area contributed by atoms with Crippen molar-refractivity contribution in [2.75, 3.05) is 0 Å². The molecular weight excluding hydrogens is 331 g/mol. The molecule has 0 saturated heterocycles. The minimum atomic E-state index is -4.76. The van der Waals surface area contributed by atoms with Crippen LogP contribution < -0.4 is 0 Å². The van der Waals surface area contributed by atoms with Crippen LogP contribution in [0.25, 0.3) is 11.3 Å². The summed E-state index contributed by atoms with van der Waals surface area (Å²) in [5, 5.41) is 11.0. The van der Waals surface area contributed by atoms with Gasteiger partial charge in [0.25, 0.3) is 0 Å². The molecule has 1 heterocycles. The van der Waals surface area contributed by atoms with Gasteiger partial charge in [0, 0.05) is 17.3 Å². The summed E-state index contributed by atoms with van der Waals surface area (Å²) in [5.41, 5.74) is -2.28. The van der Waals surface area contributed by atoms with Crippen molar-refractivity contribution in [2.24, 2.45) is 5.16 Å². The summed E-state index contributed by atoms with van der Waals surface area (Å²) < 4.78 is 65.0. The quantitative estimate of drug-likeness (QED) is 0.379. The van der Waals surface area contributed by atoms with Gasteiger partial charge < -0.3 is 5.21 Å². The van der Waals surface area contributed by atoms with Gasteiger partial charge in [0.05, 0.1) is 16.8 Å². The Morgan fingerprint density at radius 1 is 1.14 bits per heavy atom. The lowest BCUT2D eigenvalue weighted by Gasteiger charge is -2.10. The van der Waals surface area contributed by atoms with Crippen molar-refractivity contribution >= 4 is 17.8 Å². The van der Waals surface area contributed by atoms with Crippen LogP contribution in [0.4, 0.5) is 22.0 Å². The van der Waals surface area contributed by atoms with E-state index in [1.807, 2.05) is 0 Å². The summed E-state index contributed by atoms with van der Waals surface area (Å²) >= 11 is 5.69. The van der Waals surface area contributed by atoms with Crippen LogP contribution in [0.5, 0.6) is 0 Å². The average molecular weight is 337 g/mol. The summed E-state index contributed by atoms with van der Waals surface area (Å²) in [6, 6.07) is 2.04. The van der Waals surface area contributed by atoms with Crippen LogP contribution in [-0.4, -0.2) is 16.4 Å². The molecule has 0 aliphatic heterocycles. The van der Waals surface area contributed by atoms with E-state index in [9.17, 15) is 22.0 Å². The topological polar surface area (TPSA) is 45.5 Å². The zero-order valence-electron chi connectivity index (χ0n) is 10.5. The van der Waals surface area contributed by atoms with Crippen molar-refractivity contribution in [2.45, 2.75) is 6.18 Å². The van der Waals surface area contributed by atoms with Crippen LogP contribution in [0.2, 0.25) is 5.02 Å². The van der Waals surface area contributed by atoms with Crippen LogP contribution in [0.3, 0.4) is 0 Å². The third-order valence-electron chi connectivity index (χ3n) is 2.71. The number of rotatable bonds is 2. The maximum Gasteiger partial charge on any atom is 0.417 e. The van der Waals surface area contributed by atoms with E-state index in [0.29, 0.717) is 6.20 Å². The molecule has 3 nitrogen and oxygen atoms in total. The molecule has 0 fully saturated rings. The SMILES string of the molecule is O/N=C/c1cc(-c2ncc(C(F)(F)F)cc2F)c(F)cc1Cl. The van der Waals surface area contributed by atoms with Gasteiger partial charge in [-0.1, -0.05) is 16.8 Å². The molecule has 1 aromatic carbocycles. The molecular formula is C13H6ClF5N2O. The smallest absolute Gasteiger partial charge is 0.411 e. The molecule has 2 aromatic rings. The molecule has 0 amide bonds. The first-order valence-electron chi connectivity index (χ1n) is 5.63. The molecule has 22 heavy (non-hydrogen) atoms. The molecule has 2 rings (SSSR count). The van der Waals surface area contributed by atoms with Crippen molar-refractivity contribution in [3.05, 3.63) is 52.2 Å². The van der Waals surface area contributed by atoms with Crippen LogP contribution in [0.1, 0.15) is 11.1 Å². The summed E-state index contributed by atoms with van der Waals surface area (Å²) in [5.74, 6) is -2.32. The largest absolute Gasteiger partial charge is 0.417 e. The Balaban J connectivity index is 2.59. The van der Waals surface area contributed by atoms with Gasteiger partial charge in [-0.2, -0.15) is 13.2 Å². The monoisotopic (exact) mass is 336 g/mol. The summed E-state index contributed by atoms with van der Waals surface area (Å²) in [7, 11) is 0. The fourth-order valence-corrected chi connectivity index (χ4v) is 1.90. The highest BCUT2D eigenvalue weighted by molar-refractivity contribution is 6.33. The summed E-state index contributed by atoms with van der Waals surface area (Å²) in [4.78, 5) is 3.32. The van der Waals surface area contributed by atoms with Crippen molar-refractivity contribution in [3.8, 4) is 11.3 Å². The van der Waals surface area contributed by atoms with Crippen LogP contribution >= 0.6 is 11.6 Å². The molecule has 1 N–H and O–H groups in total. The lowest BCUT2D eigenvalue weighted by molar-refractivity contribution is -0.138. The van der Waals surface area contributed by atoms with Crippen molar-refractivity contribution in [1.82, 2.24) is 4.98 Å². The number of nitrogens with zero attached hydrogens (tertiary/aromatic N) is 2. The van der Waals surface area contributed by atoms with E-state index in [-0.39, 0.29) is 16.7 Å². The second-order valence-corrected chi connectivity index (χ2v) is 4.56. The minimum Gasteiger partial charge on any atom is -0.411 e. The first-order valence-corrected chi connectivity index (χ1v) is 6.01. The molecule has 1 aromatic heterocycles. The van der Waals surface area contributed by atoms with Gasteiger partial charge in [-0.15, -0.1) is 0 Å². The highest BCUT2D eigenvalue weighted by atomic mass is 35.5. The first-order chi connectivity index (χ1) is 10.2. The Labute approximate surface area is 125 Å². The Bertz CT molecular complexity index is 746. The van der Waals surface area contributed by atoms with E-state index in [2.05, 4.69) is 10.1 Å². The highest BCUT2D eigenvalue weighted by Crippen LogP contribution is 2.33. The highest BCUT2D eigenvalue weighted by Gasteiger charge is 2.32. The number of oxime groups is 1. The second-order valence-electron chi connectivity index (χ2n) is 4.15. The maximum absolute atomic E-state index is 13.9. The standard InChI is InChI=1S/C13H6ClF5N2O/c14-9-3-10(15)8(1-6(9)4-21-22)12-11(16)2-7(5-20-12)13(17,18)19/h1-5,22H/b21-4+. The number of benzene rings is 1. The Morgan fingerprint density at radius 3 is 2.36 bits per heavy atom. The van der Waals surface area contributed by atoms with Gasteiger partial charge in [0.2, 0.25) is 0 Å². The first kappa shape index (κ1) is 16.2. The molecule has 0 aliphatic rings. The van der Waals surface area contributed by atoms with E-state index < -0.39 is 34.6 Å². The summed E-state index contributed by atoms with van der Waals surface area (Å²) in [6.45, 7) is 0. The number of pyridine rings is 1. The molecule has 116 valence electrons. The molecule has 9 heteroatoms. The van der Waals surface area contributed by atoms with Crippen LogP contribution in [-0.2, 0) is 6.18 Å². The maximum atomic E-state index is 13.9. The molecule has 0 aliphatic carbocycles. The van der Waals surface area contributed by atoms with E-state index in [1.165, 1.54) is 0 Å². The van der Waals surface area contributed by atoms with Crippen molar-refractivity contribution in [3.63, 3.8) is 0 Å². The third-order valence-corrected chi connectivity index (χ3v) is 3.03. The summed E-state index contributed by atoms with van der Waals surface area (Å²) in [6.07, 6.45) is -3.50. The molecule has 0 unspecified atom stereocenters. The van der Waals surface area contributed by atoms with E-state index in [1.54, 1.807) is 0 Å². The van der Waals surface area contributed by atoms with E-state index in [4.69, 9.17) is 16.8 Å². The van der Waals surface area contributed by atoms with E-state index >= 15 is 0 Å². The van der Waals surface area contributed by atoms with Crippen LogP contribution in [0, 0.1) is 11.6 Å². The zero-order chi connectivity index (χ0) is 16.5. The zero-order valence-corrected chi connectivity index (χ0v) is 11.3. The lowest BCUT2D eigenvalue weighted by atomic mass is 10.1. The molecule has 0 spiro atoms. The van der Waals surface area contributed by atoms with Gasteiger partial charge in [0.1, 0.15) is 17.3 Å². The third kappa shape index (κ3) is 3.16. The number of hydrogen-bond acceptors (Lipinski definition) is 3. The molecule has 0 radical (unpaired) electrons. The van der Waals surface area contributed by atoms with E-state index in [0.717, 1.165) is 18.3 Å². The number of halogens is 6. The Hall–Kier alpha value is -2.22. The molecule has 0 bridgehead atoms. The number of aromatic nitrogens is 1. The Morgan fingerprint density at radius 2 is 1.82 bits per heavy atom. The molecule has 0 saturated carbocycles. The molecule has 0 atom stereocenters. The fourth-order valence-electron chi connectivity index (χ4n) is 1.70. The van der Waals surface area contributed by atoms with Crippen molar-refractivity contribution in [1.29, 1.82) is 0 Å². The van der Waals surface area contributed by atoms with Gasteiger partial charge in [-0.25, -0.2) is 8.78 Å². The lowest BCUT2D eigenvalue weighted by Crippen LogP contribution is -2.07. The Kier molecular flexibility index (Phi) is 4.32. The predicted octanol–water partition coefficient (Wildman–Crippen LogP) is 4.51. The van der Waals surface area contributed by atoms with Gasteiger partial charge in [-0.05, 0) is 18.2 Å². The fraction of sp³-hybridized carbons (Fsp3) is 0.0769.